The summed E-state index contributed by atoms with van der Waals surface area (Å²) in [6.07, 6.45) is 2.32. The zero-order valence-electron chi connectivity index (χ0n) is 14.7. The van der Waals surface area contributed by atoms with E-state index in [1.165, 1.54) is 48.5 Å². The van der Waals surface area contributed by atoms with Gasteiger partial charge in [0.1, 0.15) is 0 Å². The Morgan fingerprint density at radius 1 is 0.690 bits per heavy atom. The Bertz CT molecular complexity index is 1000. The molecule has 0 fully saturated rings. The standard InChI is InChI=1S/C17H16N2O8S2/c20-18(21)16-5-1-14(2-6-16)9-11-28(24,25)13-29(26,27)12-10-15-3-7-17(8-4-15)19(22)23/h1-12,20,22H,13H2/q-2/b11-9+,12-10+. The number of nitrogens with zero attached hydrogens (tertiary/aromatic N) is 2. The molecule has 2 aromatic carbocycles. The van der Waals surface area contributed by atoms with E-state index in [9.17, 15) is 27.3 Å². The minimum absolute atomic E-state index is 0.0484. The molecule has 0 amide bonds. The van der Waals surface area contributed by atoms with Gasteiger partial charge in [-0.3, -0.25) is 10.4 Å². The van der Waals surface area contributed by atoms with Crippen LogP contribution in [0.15, 0.2) is 59.3 Å². The lowest BCUT2D eigenvalue weighted by molar-refractivity contribution is 0.296. The highest BCUT2D eigenvalue weighted by atomic mass is 32.3. The van der Waals surface area contributed by atoms with Crippen molar-refractivity contribution in [3.8, 4) is 0 Å². The predicted molar refractivity (Wildman–Crippen MR) is 109 cm³/mol. The van der Waals surface area contributed by atoms with Crippen LogP contribution in [0.4, 0.5) is 11.4 Å². The molecule has 0 radical (unpaired) electrons. The maximum Gasteiger partial charge on any atom is 0.186 e. The van der Waals surface area contributed by atoms with Crippen LogP contribution in [0.5, 0.6) is 0 Å². The number of sulfone groups is 2. The lowest BCUT2D eigenvalue weighted by Gasteiger charge is -2.21. The van der Waals surface area contributed by atoms with Crippen molar-refractivity contribution in [2.24, 2.45) is 0 Å². The minimum atomic E-state index is -4.11. The van der Waals surface area contributed by atoms with E-state index >= 15 is 0 Å². The Balaban J connectivity index is 2.07. The Morgan fingerprint density at radius 3 is 1.28 bits per heavy atom. The van der Waals surface area contributed by atoms with Crippen molar-refractivity contribution in [2.75, 3.05) is 15.5 Å². The summed E-state index contributed by atoms with van der Waals surface area (Å²) in [7, 11) is -8.22. The molecular weight excluding hydrogens is 424 g/mol. The summed E-state index contributed by atoms with van der Waals surface area (Å²) in [5.41, 5.74) is 0.660. The van der Waals surface area contributed by atoms with Crippen molar-refractivity contribution in [2.45, 2.75) is 0 Å². The summed E-state index contributed by atoms with van der Waals surface area (Å²) in [6.45, 7) is 0. The van der Waals surface area contributed by atoms with Crippen molar-refractivity contribution >= 4 is 43.2 Å². The van der Waals surface area contributed by atoms with Crippen LogP contribution < -0.4 is 10.5 Å². The molecule has 0 spiro atoms. The third kappa shape index (κ3) is 7.30. The molecule has 0 aliphatic heterocycles. The van der Waals surface area contributed by atoms with Gasteiger partial charge in [-0.15, -0.1) is 0 Å². The van der Waals surface area contributed by atoms with E-state index in [-0.39, 0.29) is 21.8 Å². The van der Waals surface area contributed by atoms with Crippen molar-refractivity contribution in [1.82, 2.24) is 0 Å². The lowest BCUT2D eigenvalue weighted by Crippen LogP contribution is -2.11. The first kappa shape index (κ1) is 22.5. The van der Waals surface area contributed by atoms with Crippen LogP contribution >= 0.6 is 0 Å². The summed E-state index contributed by atoms with van der Waals surface area (Å²) in [5, 5.41) is 38.5. The molecule has 156 valence electrons. The number of rotatable bonds is 8. The van der Waals surface area contributed by atoms with Crippen LogP contribution in [0.25, 0.3) is 12.2 Å². The highest BCUT2D eigenvalue weighted by Crippen LogP contribution is 2.16. The number of anilines is 2. The maximum atomic E-state index is 12.1. The highest BCUT2D eigenvalue weighted by molar-refractivity contribution is 8.10. The van der Waals surface area contributed by atoms with Crippen molar-refractivity contribution in [1.29, 1.82) is 0 Å². The number of hydrogen-bond acceptors (Lipinski definition) is 10. The largest absolute Gasteiger partial charge is 0.733 e. The molecule has 0 heterocycles. The fourth-order valence-corrected chi connectivity index (χ4v) is 5.29. The van der Waals surface area contributed by atoms with Crippen LogP contribution in [0.3, 0.4) is 0 Å². The quantitative estimate of drug-likeness (QED) is 0.583. The van der Waals surface area contributed by atoms with Crippen LogP contribution in [0.2, 0.25) is 0 Å². The van der Waals surface area contributed by atoms with Gasteiger partial charge in [-0.2, -0.15) is 0 Å². The molecule has 0 saturated heterocycles. The zero-order valence-corrected chi connectivity index (χ0v) is 16.3. The summed E-state index contributed by atoms with van der Waals surface area (Å²) < 4.78 is 48.2. The van der Waals surface area contributed by atoms with Gasteiger partial charge in [0.15, 0.2) is 24.8 Å². The normalized spacial score (nSPS) is 12.6. The summed E-state index contributed by atoms with van der Waals surface area (Å²) in [6, 6.07) is 10.5. The Kier molecular flexibility index (Phi) is 7.13. The average molecular weight is 440 g/mol. The van der Waals surface area contributed by atoms with Crippen LogP contribution in [0, 0.1) is 10.4 Å². The van der Waals surface area contributed by atoms with E-state index in [1.807, 2.05) is 0 Å². The first-order valence-corrected chi connectivity index (χ1v) is 11.2. The fourth-order valence-electron chi connectivity index (χ4n) is 2.10. The predicted octanol–water partition coefficient (Wildman–Crippen LogP) is 2.50. The van der Waals surface area contributed by atoms with E-state index in [1.54, 1.807) is 0 Å². The number of benzene rings is 2. The molecule has 0 aromatic heterocycles. The summed E-state index contributed by atoms with van der Waals surface area (Å²) >= 11 is 0. The van der Waals surface area contributed by atoms with Gasteiger partial charge in [-0.1, -0.05) is 24.3 Å². The molecule has 0 saturated carbocycles. The minimum Gasteiger partial charge on any atom is -0.733 e. The van der Waals surface area contributed by atoms with E-state index in [2.05, 4.69) is 0 Å². The third-order valence-electron chi connectivity index (χ3n) is 3.49. The van der Waals surface area contributed by atoms with Gasteiger partial charge in [-0.05, 0) is 47.5 Å². The van der Waals surface area contributed by atoms with Crippen LogP contribution in [-0.4, -0.2) is 32.3 Å². The van der Waals surface area contributed by atoms with Crippen LogP contribution in [-0.2, 0) is 19.7 Å². The second-order valence-electron chi connectivity index (χ2n) is 5.78. The van der Waals surface area contributed by atoms with Gasteiger partial charge in [0.2, 0.25) is 0 Å². The maximum absolute atomic E-state index is 12.1. The fraction of sp³-hybridized carbons (Fsp3) is 0.0588. The Morgan fingerprint density at radius 2 is 1.00 bits per heavy atom. The molecule has 2 aromatic rings. The zero-order chi connectivity index (χ0) is 21.7. The monoisotopic (exact) mass is 440 g/mol. The summed E-state index contributed by atoms with van der Waals surface area (Å²) in [4.78, 5) is 0. The van der Waals surface area contributed by atoms with Crippen molar-refractivity contribution in [3.05, 3.63) is 80.9 Å². The van der Waals surface area contributed by atoms with Gasteiger partial charge in [0.25, 0.3) is 0 Å². The molecule has 0 aliphatic carbocycles. The molecule has 0 bridgehead atoms. The van der Waals surface area contributed by atoms with Gasteiger partial charge in [0, 0.05) is 10.8 Å². The second-order valence-corrected chi connectivity index (χ2v) is 9.92. The molecule has 0 aliphatic rings. The second kappa shape index (κ2) is 9.17. The first-order valence-electron chi connectivity index (χ1n) is 7.81. The van der Waals surface area contributed by atoms with E-state index in [0.29, 0.717) is 11.1 Å². The van der Waals surface area contributed by atoms with Gasteiger partial charge < -0.3 is 20.9 Å². The van der Waals surface area contributed by atoms with E-state index in [4.69, 9.17) is 10.4 Å². The number of hydrogen-bond donors (Lipinski definition) is 2. The molecule has 2 rings (SSSR count). The molecule has 12 heteroatoms. The molecular formula is C17H16N2O8S2-2. The third-order valence-corrected chi connectivity index (χ3v) is 7.22. The molecule has 0 unspecified atom stereocenters. The summed E-state index contributed by atoms with van der Waals surface area (Å²) in [5.74, 6) is 0. The average Bonchev–Trinajstić information content (AvgIpc) is 2.65. The van der Waals surface area contributed by atoms with Crippen molar-refractivity contribution < 1.29 is 27.3 Å². The Labute approximate surface area is 167 Å². The molecule has 0 atom stereocenters. The van der Waals surface area contributed by atoms with Gasteiger partial charge >= 0.3 is 0 Å². The SMILES string of the molecule is O=S(=O)(/C=C/c1ccc(N([O-])O)cc1)CS(=O)(=O)/C=C/c1ccc(N([O-])O)cc1. The lowest BCUT2D eigenvalue weighted by atomic mass is 10.2. The highest BCUT2D eigenvalue weighted by Gasteiger charge is 2.17. The van der Waals surface area contributed by atoms with Crippen LogP contribution in [0.1, 0.15) is 11.1 Å². The van der Waals surface area contributed by atoms with E-state index in [0.717, 1.165) is 23.0 Å². The van der Waals surface area contributed by atoms with Gasteiger partial charge in [0.05, 0.1) is 11.4 Å². The molecule has 29 heavy (non-hydrogen) atoms. The van der Waals surface area contributed by atoms with Crippen molar-refractivity contribution in [3.63, 3.8) is 0 Å². The van der Waals surface area contributed by atoms with Gasteiger partial charge in [-0.25, -0.2) is 16.8 Å². The molecule has 2 N–H and O–H groups in total. The Hall–Kier alpha value is -2.74. The smallest absolute Gasteiger partial charge is 0.186 e. The molecule has 10 nitrogen and oxygen atoms in total. The first-order chi connectivity index (χ1) is 13.5. The van der Waals surface area contributed by atoms with E-state index < -0.39 is 24.8 Å². The topological polar surface area (TPSA) is 161 Å².